The van der Waals surface area contributed by atoms with Gasteiger partial charge in [0.1, 0.15) is 24.0 Å². The smallest absolute Gasteiger partial charge is 0.129 e. The van der Waals surface area contributed by atoms with Gasteiger partial charge in [-0.05, 0) is 18.8 Å². The molecule has 1 aromatic rings. The van der Waals surface area contributed by atoms with Gasteiger partial charge < -0.3 is 9.84 Å². The van der Waals surface area contributed by atoms with Crippen LogP contribution in [0.5, 0.6) is 5.75 Å². The zero-order valence-electron chi connectivity index (χ0n) is 9.53. The van der Waals surface area contributed by atoms with Crippen molar-refractivity contribution in [1.82, 2.24) is 0 Å². The summed E-state index contributed by atoms with van der Waals surface area (Å²) in [5.41, 5.74) is 0. The topological polar surface area (TPSA) is 29.5 Å². The van der Waals surface area contributed by atoms with Gasteiger partial charge in [-0.3, -0.25) is 0 Å². The van der Waals surface area contributed by atoms with Crippen LogP contribution in [0.1, 0.15) is 25.7 Å². The summed E-state index contributed by atoms with van der Waals surface area (Å²) in [6.07, 6.45) is 3.72. The summed E-state index contributed by atoms with van der Waals surface area (Å²) >= 11 is 0. The molecule has 1 aliphatic carbocycles. The maximum Gasteiger partial charge on any atom is 0.129 e. The lowest BCUT2D eigenvalue weighted by atomic mass is 10.0. The monoisotopic (exact) mass is 242 g/mol. The first-order valence-electron chi connectivity index (χ1n) is 5.92. The van der Waals surface area contributed by atoms with Crippen LogP contribution >= 0.6 is 0 Å². The number of ether oxygens (including phenoxy) is 1. The lowest BCUT2D eigenvalue weighted by Gasteiger charge is -2.18. The van der Waals surface area contributed by atoms with Crippen LogP contribution in [-0.4, -0.2) is 17.8 Å². The molecule has 0 amide bonds. The predicted molar refractivity (Wildman–Crippen MR) is 59.8 cm³/mol. The molecule has 17 heavy (non-hydrogen) atoms. The van der Waals surface area contributed by atoms with E-state index in [1.807, 2.05) is 0 Å². The maximum atomic E-state index is 12.9. The fourth-order valence-corrected chi connectivity index (χ4v) is 2.27. The number of hydrogen-bond acceptors (Lipinski definition) is 2. The SMILES string of the molecule is OC(COc1cc(F)cc(F)c1)C1CCCC1. The fraction of sp³-hybridized carbons (Fsp3) is 0.538. The van der Waals surface area contributed by atoms with Crippen molar-refractivity contribution in [3.05, 3.63) is 29.8 Å². The molecule has 1 N–H and O–H groups in total. The molecule has 0 saturated heterocycles. The van der Waals surface area contributed by atoms with E-state index < -0.39 is 17.7 Å². The number of rotatable bonds is 4. The van der Waals surface area contributed by atoms with Gasteiger partial charge >= 0.3 is 0 Å². The van der Waals surface area contributed by atoms with Crippen LogP contribution in [-0.2, 0) is 0 Å². The maximum absolute atomic E-state index is 12.9. The second-order valence-corrected chi connectivity index (χ2v) is 4.53. The van der Waals surface area contributed by atoms with Crippen LogP contribution in [0, 0.1) is 17.6 Å². The van der Waals surface area contributed by atoms with E-state index in [0.29, 0.717) is 0 Å². The highest BCUT2D eigenvalue weighted by molar-refractivity contribution is 5.23. The van der Waals surface area contributed by atoms with Gasteiger partial charge in [-0.15, -0.1) is 0 Å². The molecular weight excluding hydrogens is 226 g/mol. The van der Waals surface area contributed by atoms with Crippen LogP contribution in [0.15, 0.2) is 18.2 Å². The molecule has 1 fully saturated rings. The van der Waals surface area contributed by atoms with Gasteiger partial charge in [0.15, 0.2) is 0 Å². The molecule has 0 bridgehead atoms. The van der Waals surface area contributed by atoms with Gasteiger partial charge in [-0.1, -0.05) is 12.8 Å². The van der Waals surface area contributed by atoms with Crippen LogP contribution in [0.3, 0.4) is 0 Å². The molecule has 2 rings (SSSR count). The third-order valence-electron chi connectivity index (χ3n) is 3.20. The fourth-order valence-electron chi connectivity index (χ4n) is 2.27. The molecular formula is C13H16F2O2. The number of benzene rings is 1. The van der Waals surface area contributed by atoms with Crippen molar-refractivity contribution in [2.45, 2.75) is 31.8 Å². The van der Waals surface area contributed by atoms with Gasteiger partial charge in [-0.2, -0.15) is 0 Å². The van der Waals surface area contributed by atoms with Crippen molar-refractivity contribution in [3.8, 4) is 5.75 Å². The predicted octanol–water partition coefficient (Wildman–Crippen LogP) is 2.89. The highest BCUT2D eigenvalue weighted by atomic mass is 19.1. The minimum absolute atomic E-state index is 0.0908. The number of aliphatic hydroxyl groups is 1. The van der Waals surface area contributed by atoms with E-state index in [9.17, 15) is 13.9 Å². The first-order valence-corrected chi connectivity index (χ1v) is 5.92. The van der Waals surface area contributed by atoms with Crippen molar-refractivity contribution in [3.63, 3.8) is 0 Å². The third-order valence-corrected chi connectivity index (χ3v) is 3.20. The Morgan fingerprint density at radius 3 is 2.35 bits per heavy atom. The summed E-state index contributed by atoms with van der Waals surface area (Å²) in [6.45, 7) is 0.0908. The first-order chi connectivity index (χ1) is 8.15. The van der Waals surface area contributed by atoms with Crippen LogP contribution < -0.4 is 4.74 Å². The van der Waals surface area contributed by atoms with Gasteiger partial charge in [0.2, 0.25) is 0 Å². The molecule has 1 unspecified atom stereocenters. The lowest BCUT2D eigenvalue weighted by Crippen LogP contribution is -2.25. The van der Waals surface area contributed by atoms with E-state index in [-0.39, 0.29) is 18.3 Å². The van der Waals surface area contributed by atoms with E-state index in [1.54, 1.807) is 0 Å². The average Bonchev–Trinajstić information content (AvgIpc) is 2.78. The van der Waals surface area contributed by atoms with E-state index in [1.165, 1.54) is 0 Å². The molecule has 0 aliphatic heterocycles. The first kappa shape index (κ1) is 12.3. The Morgan fingerprint density at radius 1 is 1.18 bits per heavy atom. The van der Waals surface area contributed by atoms with E-state index in [0.717, 1.165) is 43.9 Å². The highest BCUT2D eigenvalue weighted by Gasteiger charge is 2.23. The Bertz CT molecular complexity index is 355. The van der Waals surface area contributed by atoms with Gasteiger partial charge in [0.25, 0.3) is 0 Å². The average molecular weight is 242 g/mol. The molecule has 0 heterocycles. The standard InChI is InChI=1S/C13H16F2O2/c14-10-5-11(15)7-12(6-10)17-8-13(16)9-3-1-2-4-9/h5-7,9,13,16H,1-4,8H2. The molecule has 0 aromatic heterocycles. The van der Waals surface area contributed by atoms with Crippen molar-refractivity contribution in [1.29, 1.82) is 0 Å². The van der Waals surface area contributed by atoms with E-state index in [4.69, 9.17) is 4.74 Å². The van der Waals surface area contributed by atoms with Crippen molar-refractivity contribution in [2.24, 2.45) is 5.92 Å². The van der Waals surface area contributed by atoms with Crippen LogP contribution in [0.2, 0.25) is 0 Å². The van der Waals surface area contributed by atoms with Crippen molar-refractivity contribution in [2.75, 3.05) is 6.61 Å². The highest BCUT2D eigenvalue weighted by Crippen LogP contribution is 2.28. The number of aliphatic hydroxyl groups excluding tert-OH is 1. The summed E-state index contributed by atoms with van der Waals surface area (Å²) in [5, 5.41) is 9.84. The molecule has 1 atom stereocenters. The summed E-state index contributed by atoms with van der Waals surface area (Å²) in [7, 11) is 0. The Hall–Kier alpha value is -1.16. The molecule has 4 heteroatoms. The number of hydrogen-bond donors (Lipinski definition) is 1. The Morgan fingerprint density at radius 2 is 1.76 bits per heavy atom. The van der Waals surface area contributed by atoms with E-state index >= 15 is 0 Å². The molecule has 2 nitrogen and oxygen atoms in total. The van der Waals surface area contributed by atoms with Crippen molar-refractivity contribution >= 4 is 0 Å². The minimum Gasteiger partial charge on any atom is -0.491 e. The van der Waals surface area contributed by atoms with Crippen LogP contribution in [0.25, 0.3) is 0 Å². The largest absolute Gasteiger partial charge is 0.491 e. The van der Waals surface area contributed by atoms with Gasteiger partial charge in [0.05, 0.1) is 6.10 Å². The Labute approximate surface area is 99.2 Å². The molecule has 1 saturated carbocycles. The molecule has 0 radical (unpaired) electrons. The Kier molecular flexibility index (Phi) is 3.94. The van der Waals surface area contributed by atoms with E-state index in [2.05, 4.69) is 0 Å². The summed E-state index contributed by atoms with van der Waals surface area (Å²) < 4.78 is 31.0. The Balaban J connectivity index is 1.88. The summed E-state index contributed by atoms with van der Waals surface area (Å²) in [4.78, 5) is 0. The van der Waals surface area contributed by atoms with Gasteiger partial charge in [-0.25, -0.2) is 8.78 Å². The second kappa shape index (κ2) is 5.45. The normalized spacial score (nSPS) is 18.3. The minimum atomic E-state index is -0.671. The van der Waals surface area contributed by atoms with Crippen LogP contribution in [0.4, 0.5) is 8.78 Å². The lowest BCUT2D eigenvalue weighted by molar-refractivity contribution is 0.0591. The zero-order valence-corrected chi connectivity index (χ0v) is 9.53. The summed E-state index contributed by atoms with van der Waals surface area (Å²) in [5.74, 6) is -0.960. The number of halogens is 2. The zero-order chi connectivity index (χ0) is 12.3. The quantitative estimate of drug-likeness (QED) is 0.879. The van der Waals surface area contributed by atoms with Gasteiger partial charge in [0, 0.05) is 18.2 Å². The third kappa shape index (κ3) is 3.40. The molecule has 0 spiro atoms. The molecule has 1 aromatic carbocycles. The molecule has 1 aliphatic rings. The summed E-state index contributed by atoms with van der Waals surface area (Å²) in [6, 6.07) is 3.02. The van der Waals surface area contributed by atoms with Crippen molar-refractivity contribution < 1.29 is 18.6 Å². The second-order valence-electron chi connectivity index (χ2n) is 4.53. The molecule has 94 valence electrons.